The fourth-order valence-electron chi connectivity index (χ4n) is 2.73. The molecule has 0 aliphatic carbocycles. The van der Waals surface area contributed by atoms with Gasteiger partial charge in [0.2, 0.25) is 0 Å². The van der Waals surface area contributed by atoms with E-state index < -0.39 is 22.1 Å². The van der Waals surface area contributed by atoms with Crippen molar-refractivity contribution in [3.8, 4) is 5.75 Å². The van der Waals surface area contributed by atoms with Crippen molar-refractivity contribution < 1.29 is 31.1 Å². The quantitative estimate of drug-likeness (QED) is 0.552. The summed E-state index contributed by atoms with van der Waals surface area (Å²) < 4.78 is 63.4. The molecule has 0 radical (unpaired) electrons. The highest BCUT2D eigenvalue weighted by Crippen LogP contribution is 2.25. The van der Waals surface area contributed by atoms with Crippen LogP contribution in [0.5, 0.6) is 5.75 Å². The summed E-state index contributed by atoms with van der Waals surface area (Å²) in [5.74, 6) is -0.890. The number of ether oxygens (including phenoxy) is 1. The predicted octanol–water partition coefficient (Wildman–Crippen LogP) is 4.43. The van der Waals surface area contributed by atoms with Gasteiger partial charge in [-0.3, -0.25) is 10.1 Å². The van der Waals surface area contributed by atoms with E-state index in [0.29, 0.717) is 22.7 Å². The summed E-state index contributed by atoms with van der Waals surface area (Å²) in [6.45, 7) is 0. The maximum absolute atomic E-state index is 12.5. The van der Waals surface area contributed by atoms with Crippen molar-refractivity contribution >= 4 is 32.2 Å². The van der Waals surface area contributed by atoms with E-state index in [9.17, 15) is 26.4 Å². The van der Waals surface area contributed by atoms with Crippen molar-refractivity contribution in [2.75, 3.05) is 11.6 Å². The summed E-state index contributed by atoms with van der Waals surface area (Å²) >= 11 is 1.23. The van der Waals surface area contributed by atoms with E-state index in [2.05, 4.69) is 15.0 Å². The minimum Gasteiger partial charge on any atom is -0.406 e. The normalized spacial score (nSPS) is 11.9. The Morgan fingerprint density at radius 1 is 1.13 bits per heavy atom. The largest absolute Gasteiger partial charge is 0.573 e. The number of anilines is 1. The van der Waals surface area contributed by atoms with Crippen LogP contribution < -0.4 is 10.1 Å². The number of hydrogen-bond acceptors (Lipinski definition) is 6. The lowest BCUT2D eigenvalue weighted by molar-refractivity contribution is -0.274. The molecule has 11 heteroatoms. The number of nitrogens with zero attached hydrogens (tertiary/aromatic N) is 1. The molecule has 1 amide bonds. The summed E-state index contributed by atoms with van der Waals surface area (Å²) in [4.78, 5) is 17.4. The zero-order chi connectivity index (χ0) is 22.6. The highest BCUT2D eigenvalue weighted by molar-refractivity contribution is 7.89. The lowest BCUT2D eigenvalue weighted by atomic mass is 10.1. The number of carbonyl (C=O) groups is 1. The Kier molecular flexibility index (Phi) is 6.65. The van der Waals surface area contributed by atoms with Gasteiger partial charge in [-0.25, -0.2) is 13.4 Å². The number of halogens is 3. The van der Waals surface area contributed by atoms with Gasteiger partial charge in [0.05, 0.1) is 5.75 Å². The Hall–Kier alpha value is -2.92. The Morgan fingerprint density at radius 3 is 2.48 bits per heavy atom. The smallest absolute Gasteiger partial charge is 0.406 e. The van der Waals surface area contributed by atoms with Gasteiger partial charge in [0.15, 0.2) is 15.0 Å². The average molecular weight is 470 g/mol. The first-order valence-electron chi connectivity index (χ1n) is 8.84. The first-order chi connectivity index (χ1) is 14.5. The third-order valence-electron chi connectivity index (χ3n) is 3.93. The minimum absolute atomic E-state index is 0.164. The summed E-state index contributed by atoms with van der Waals surface area (Å²) in [6, 6.07) is 11.8. The van der Waals surface area contributed by atoms with E-state index in [0.717, 1.165) is 16.7 Å². The predicted molar refractivity (Wildman–Crippen MR) is 111 cm³/mol. The zero-order valence-corrected chi connectivity index (χ0v) is 17.8. The molecule has 164 valence electrons. The van der Waals surface area contributed by atoms with Crippen LogP contribution in [0, 0.1) is 0 Å². The van der Waals surface area contributed by atoms with Crippen LogP contribution in [0.1, 0.15) is 26.4 Å². The number of carbonyl (C=O) groups excluding carboxylic acids is 1. The molecule has 0 aliphatic heterocycles. The van der Waals surface area contributed by atoms with Crippen LogP contribution in [0.15, 0.2) is 54.7 Å². The molecule has 3 rings (SSSR count). The first kappa shape index (κ1) is 22.8. The molecule has 31 heavy (non-hydrogen) atoms. The summed E-state index contributed by atoms with van der Waals surface area (Å²) in [6.07, 6.45) is -1.63. The topological polar surface area (TPSA) is 85.4 Å². The molecule has 0 aliphatic rings. The first-order valence-corrected chi connectivity index (χ1v) is 11.7. The third-order valence-corrected chi connectivity index (χ3v) is 5.70. The maximum Gasteiger partial charge on any atom is 0.573 e. The fourth-order valence-corrected chi connectivity index (χ4v) is 4.36. The second-order valence-electron chi connectivity index (χ2n) is 6.72. The van der Waals surface area contributed by atoms with Gasteiger partial charge in [-0.1, -0.05) is 24.3 Å². The lowest BCUT2D eigenvalue weighted by Crippen LogP contribution is -2.17. The Bertz CT molecular complexity index is 1170. The molecule has 2 aromatic carbocycles. The van der Waals surface area contributed by atoms with Crippen LogP contribution in [-0.4, -0.2) is 31.9 Å². The van der Waals surface area contributed by atoms with Crippen molar-refractivity contribution in [1.29, 1.82) is 0 Å². The van der Waals surface area contributed by atoms with E-state index in [1.54, 1.807) is 24.4 Å². The van der Waals surface area contributed by atoms with Gasteiger partial charge in [-0.15, -0.1) is 24.5 Å². The Morgan fingerprint density at radius 2 is 1.84 bits per heavy atom. The van der Waals surface area contributed by atoms with Crippen LogP contribution in [-0.2, 0) is 22.0 Å². The van der Waals surface area contributed by atoms with E-state index in [1.165, 1.54) is 41.7 Å². The summed E-state index contributed by atoms with van der Waals surface area (Å²) in [7, 11) is -3.22. The number of aromatic nitrogens is 1. The van der Waals surface area contributed by atoms with Crippen LogP contribution in [0.4, 0.5) is 18.3 Å². The molecule has 1 N–H and O–H groups in total. The molecule has 0 atom stereocenters. The van der Waals surface area contributed by atoms with Crippen LogP contribution >= 0.6 is 11.3 Å². The standard InChI is InChI=1S/C20H17F3N2O4S2/c1-31(27,28)12-14-3-2-4-15(9-14)18(26)25-19-24-11-17(30-19)10-13-5-7-16(8-6-13)29-20(21,22)23/h2-9,11H,10,12H2,1H3,(H,24,25,26). The van der Waals surface area contributed by atoms with Crippen molar-refractivity contribution in [3.05, 3.63) is 76.3 Å². The molecule has 0 unspecified atom stereocenters. The van der Waals surface area contributed by atoms with Crippen molar-refractivity contribution in [2.24, 2.45) is 0 Å². The molecule has 0 bridgehead atoms. The number of hydrogen-bond donors (Lipinski definition) is 1. The zero-order valence-electron chi connectivity index (χ0n) is 16.1. The average Bonchev–Trinajstić information content (AvgIpc) is 3.08. The molecule has 1 aromatic heterocycles. The molecule has 0 fully saturated rings. The van der Waals surface area contributed by atoms with Gasteiger partial charge < -0.3 is 4.74 Å². The highest BCUT2D eigenvalue weighted by atomic mass is 32.2. The number of alkyl halides is 3. The molecule has 0 spiro atoms. The summed E-state index contributed by atoms with van der Waals surface area (Å²) in [5, 5.41) is 3.02. The minimum atomic E-state index is -4.74. The van der Waals surface area contributed by atoms with Crippen LogP contribution in [0.2, 0.25) is 0 Å². The SMILES string of the molecule is CS(=O)(=O)Cc1cccc(C(=O)Nc2ncc(Cc3ccc(OC(F)(F)F)cc3)s2)c1. The van der Waals surface area contributed by atoms with Crippen LogP contribution in [0.3, 0.4) is 0 Å². The number of amides is 1. The number of benzene rings is 2. The van der Waals surface area contributed by atoms with Crippen molar-refractivity contribution in [2.45, 2.75) is 18.5 Å². The molecule has 0 saturated heterocycles. The van der Waals surface area contributed by atoms with Gasteiger partial charge in [-0.05, 0) is 35.4 Å². The van der Waals surface area contributed by atoms with E-state index in [-0.39, 0.29) is 11.5 Å². The van der Waals surface area contributed by atoms with E-state index >= 15 is 0 Å². The van der Waals surface area contributed by atoms with Gasteiger partial charge in [0.25, 0.3) is 5.91 Å². The molecular weight excluding hydrogens is 453 g/mol. The van der Waals surface area contributed by atoms with Crippen molar-refractivity contribution in [1.82, 2.24) is 4.98 Å². The van der Waals surface area contributed by atoms with Gasteiger partial charge in [-0.2, -0.15) is 0 Å². The third kappa shape index (κ3) is 7.37. The number of sulfone groups is 1. The monoisotopic (exact) mass is 470 g/mol. The van der Waals surface area contributed by atoms with Gasteiger partial charge in [0.1, 0.15) is 5.75 Å². The lowest BCUT2D eigenvalue weighted by Gasteiger charge is -2.08. The van der Waals surface area contributed by atoms with Crippen molar-refractivity contribution in [3.63, 3.8) is 0 Å². The van der Waals surface area contributed by atoms with E-state index in [1.807, 2.05) is 0 Å². The van der Waals surface area contributed by atoms with E-state index in [4.69, 9.17) is 0 Å². The summed E-state index contributed by atoms with van der Waals surface area (Å²) in [5.41, 5.74) is 1.57. The number of thiazole rings is 1. The maximum atomic E-state index is 12.5. The molecule has 1 heterocycles. The molecule has 6 nitrogen and oxygen atoms in total. The fraction of sp³-hybridized carbons (Fsp3) is 0.200. The number of rotatable bonds is 7. The Balaban J connectivity index is 1.62. The Labute approximate surface area is 180 Å². The van der Waals surface area contributed by atoms with Gasteiger partial charge >= 0.3 is 6.36 Å². The highest BCUT2D eigenvalue weighted by Gasteiger charge is 2.30. The molecule has 3 aromatic rings. The molecular formula is C20H17F3N2O4S2. The number of nitrogens with one attached hydrogen (secondary N) is 1. The van der Waals surface area contributed by atoms with Gasteiger partial charge in [0, 0.05) is 29.3 Å². The second-order valence-corrected chi connectivity index (χ2v) is 9.98. The second kappa shape index (κ2) is 9.06. The van der Waals surface area contributed by atoms with Crippen LogP contribution in [0.25, 0.3) is 0 Å². The molecule has 0 saturated carbocycles.